The van der Waals surface area contributed by atoms with Gasteiger partial charge in [0.25, 0.3) is 0 Å². The Labute approximate surface area is 193 Å². The number of ether oxygens (including phenoxy) is 1. The highest BCUT2D eigenvalue weighted by molar-refractivity contribution is 8.00. The average Bonchev–Trinajstić information content (AvgIpc) is 3.07. The second-order valence-electron chi connectivity index (χ2n) is 8.90. The first kappa shape index (κ1) is 23.7. The number of hydrogen-bond acceptors (Lipinski definition) is 6. The average molecular weight is 454 g/mol. The van der Waals surface area contributed by atoms with Gasteiger partial charge in [-0.25, -0.2) is 4.68 Å². The number of carbonyl (C=O) groups is 1. The van der Waals surface area contributed by atoms with Crippen LogP contribution >= 0.6 is 11.8 Å². The van der Waals surface area contributed by atoms with Crippen LogP contribution < -0.4 is 15.9 Å². The second-order valence-corrected chi connectivity index (χ2v) is 10.2. The number of hydrogen-bond donors (Lipinski definition) is 2. The van der Waals surface area contributed by atoms with Gasteiger partial charge in [-0.2, -0.15) is 0 Å². The lowest BCUT2D eigenvalue weighted by Crippen LogP contribution is -2.24. The van der Waals surface area contributed by atoms with Crippen LogP contribution in [0.4, 0.5) is 5.69 Å². The number of carbonyl (C=O) groups excluding carboxylic acids is 1. The second kappa shape index (κ2) is 9.65. The van der Waals surface area contributed by atoms with E-state index >= 15 is 0 Å². The maximum Gasteiger partial charge on any atom is 0.237 e. The van der Waals surface area contributed by atoms with Gasteiger partial charge in [0, 0.05) is 5.69 Å². The summed E-state index contributed by atoms with van der Waals surface area (Å²) in [5, 5.41) is 11.3. The molecular formula is C24H31N5O2S. The third-order valence-corrected chi connectivity index (χ3v) is 6.17. The van der Waals surface area contributed by atoms with E-state index in [9.17, 15) is 4.79 Å². The van der Waals surface area contributed by atoms with Gasteiger partial charge in [-0.3, -0.25) is 4.79 Å². The number of aryl methyl sites for hydroxylation is 2. The van der Waals surface area contributed by atoms with E-state index in [1.807, 2.05) is 51.1 Å². The Morgan fingerprint density at radius 1 is 1.16 bits per heavy atom. The highest BCUT2D eigenvalue weighted by atomic mass is 32.2. The number of nitrogen functional groups attached to an aromatic ring is 1. The van der Waals surface area contributed by atoms with Crippen molar-refractivity contribution in [3.05, 3.63) is 65.0 Å². The molecule has 3 N–H and O–H groups in total. The Morgan fingerprint density at radius 2 is 1.84 bits per heavy atom. The van der Waals surface area contributed by atoms with Crippen molar-refractivity contribution >= 4 is 23.4 Å². The fourth-order valence-corrected chi connectivity index (χ4v) is 3.87. The van der Waals surface area contributed by atoms with Crippen molar-refractivity contribution in [2.75, 3.05) is 11.2 Å². The summed E-state index contributed by atoms with van der Waals surface area (Å²) < 4.78 is 7.19. The number of nitrogens with one attached hydrogen (secondary N) is 1. The molecule has 0 aliphatic heterocycles. The predicted octanol–water partition coefficient (Wildman–Crippen LogP) is 4.60. The molecule has 8 heteroatoms. The summed E-state index contributed by atoms with van der Waals surface area (Å²) in [5.74, 6) is 7.24. The molecule has 3 aromatic rings. The summed E-state index contributed by atoms with van der Waals surface area (Å²) in [6.07, 6.45) is 0. The summed E-state index contributed by atoms with van der Waals surface area (Å²) in [7, 11) is 0. The zero-order valence-electron chi connectivity index (χ0n) is 19.5. The first-order chi connectivity index (χ1) is 15.0. The molecule has 7 nitrogen and oxygen atoms in total. The van der Waals surface area contributed by atoms with Crippen molar-refractivity contribution in [1.82, 2.24) is 14.9 Å². The molecule has 0 saturated carbocycles. The van der Waals surface area contributed by atoms with Crippen molar-refractivity contribution < 1.29 is 9.53 Å². The van der Waals surface area contributed by atoms with Crippen molar-refractivity contribution in [2.24, 2.45) is 0 Å². The molecule has 1 aromatic heterocycles. The van der Waals surface area contributed by atoms with Gasteiger partial charge in [-0.15, -0.1) is 10.2 Å². The molecule has 0 aliphatic rings. The molecule has 0 aliphatic carbocycles. The van der Waals surface area contributed by atoms with E-state index < -0.39 is 5.25 Å². The van der Waals surface area contributed by atoms with E-state index in [2.05, 4.69) is 48.4 Å². The maximum atomic E-state index is 12.6. The zero-order chi connectivity index (χ0) is 23.5. The molecule has 1 unspecified atom stereocenters. The van der Waals surface area contributed by atoms with Crippen molar-refractivity contribution in [3.8, 4) is 5.75 Å². The molecule has 0 saturated heterocycles. The van der Waals surface area contributed by atoms with Crippen LogP contribution in [-0.4, -0.2) is 26.0 Å². The first-order valence-electron chi connectivity index (χ1n) is 10.5. The van der Waals surface area contributed by atoms with Crippen LogP contribution in [-0.2, 0) is 16.8 Å². The molecule has 1 amide bonds. The first-order valence-corrected chi connectivity index (χ1v) is 11.4. The Kier molecular flexibility index (Phi) is 7.13. The van der Waals surface area contributed by atoms with Crippen LogP contribution in [0.15, 0.2) is 47.6 Å². The van der Waals surface area contributed by atoms with Crippen molar-refractivity contribution in [3.63, 3.8) is 0 Å². The van der Waals surface area contributed by atoms with Gasteiger partial charge >= 0.3 is 0 Å². The molecule has 3 rings (SSSR count). The van der Waals surface area contributed by atoms with Crippen LogP contribution in [0, 0.1) is 13.8 Å². The molecule has 0 radical (unpaired) electrons. The summed E-state index contributed by atoms with van der Waals surface area (Å²) in [5.41, 5.74) is 4.29. The summed E-state index contributed by atoms with van der Waals surface area (Å²) in [4.78, 5) is 12.6. The van der Waals surface area contributed by atoms with E-state index in [0.29, 0.717) is 11.0 Å². The predicted molar refractivity (Wildman–Crippen MR) is 130 cm³/mol. The minimum Gasteiger partial charge on any atom is -0.486 e. The number of rotatable bonds is 7. The standard InChI is InChI=1S/C24H31N5O2S/c1-15-7-12-20(16(2)13-15)26-22(30)17(3)32-23-28-27-21(29(23)25)14-31-19-10-8-18(9-11-19)24(4,5)6/h7-13,17H,14,25H2,1-6H3,(H,26,30). The van der Waals surface area contributed by atoms with E-state index in [-0.39, 0.29) is 17.9 Å². The lowest BCUT2D eigenvalue weighted by Gasteiger charge is -2.19. The number of nitrogens with zero attached hydrogens (tertiary/aromatic N) is 3. The molecule has 0 fully saturated rings. The van der Waals surface area contributed by atoms with Gasteiger partial charge in [-0.1, -0.05) is 62.4 Å². The third kappa shape index (κ3) is 5.82. The fraction of sp³-hybridized carbons (Fsp3) is 0.375. The monoisotopic (exact) mass is 453 g/mol. The number of amides is 1. The third-order valence-electron chi connectivity index (χ3n) is 5.11. The minimum atomic E-state index is -0.402. The van der Waals surface area contributed by atoms with Crippen LogP contribution in [0.2, 0.25) is 0 Å². The normalized spacial score (nSPS) is 12.4. The van der Waals surface area contributed by atoms with Gasteiger partial charge in [0.15, 0.2) is 5.82 Å². The lowest BCUT2D eigenvalue weighted by molar-refractivity contribution is -0.115. The van der Waals surface area contributed by atoms with E-state index in [1.165, 1.54) is 22.0 Å². The molecule has 2 aromatic carbocycles. The molecule has 1 atom stereocenters. The van der Waals surface area contributed by atoms with Crippen LogP contribution in [0.1, 0.15) is 50.2 Å². The summed E-state index contributed by atoms with van der Waals surface area (Å²) in [6, 6.07) is 13.9. The zero-order valence-corrected chi connectivity index (χ0v) is 20.3. The van der Waals surface area contributed by atoms with Gasteiger partial charge in [0.2, 0.25) is 11.1 Å². The Bertz CT molecular complexity index is 1090. The highest BCUT2D eigenvalue weighted by Gasteiger charge is 2.20. The molecule has 32 heavy (non-hydrogen) atoms. The quantitative estimate of drug-likeness (QED) is 0.401. The van der Waals surface area contributed by atoms with Crippen LogP contribution in [0.5, 0.6) is 5.75 Å². The molecular weight excluding hydrogens is 422 g/mol. The number of thioether (sulfide) groups is 1. The highest BCUT2D eigenvalue weighted by Crippen LogP contribution is 2.26. The number of aromatic nitrogens is 3. The Hall–Kier alpha value is -3.00. The Morgan fingerprint density at radius 3 is 2.47 bits per heavy atom. The Balaban J connectivity index is 1.58. The number of nitrogens with two attached hydrogens (primary N) is 1. The van der Waals surface area contributed by atoms with Crippen molar-refractivity contribution in [1.29, 1.82) is 0 Å². The summed E-state index contributed by atoms with van der Waals surface area (Å²) >= 11 is 1.25. The van der Waals surface area contributed by atoms with Gasteiger partial charge in [0.05, 0.1) is 5.25 Å². The topological polar surface area (TPSA) is 95.1 Å². The van der Waals surface area contributed by atoms with E-state index in [0.717, 1.165) is 22.6 Å². The molecule has 0 spiro atoms. The lowest BCUT2D eigenvalue weighted by atomic mass is 9.87. The van der Waals surface area contributed by atoms with Gasteiger partial charge < -0.3 is 15.9 Å². The summed E-state index contributed by atoms with van der Waals surface area (Å²) in [6.45, 7) is 12.5. The van der Waals surface area contributed by atoms with Gasteiger partial charge in [0.1, 0.15) is 12.4 Å². The minimum absolute atomic E-state index is 0.0865. The molecule has 1 heterocycles. The van der Waals surface area contributed by atoms with Crippen molar-refractivity contribution in [2.45, 2.75) is 64.0 Å². The number of benzene rings is 2. The SMILES string of the molecule is Cc1ccc(NC(=O)C(C)Sc2nnc(COc3ccc(C(C)(C)C)cc3)n2N)c(C)c1. The van der Waals surface area contributed by atoms with Crippen LogP contribution in [0.25, 0.3) is 0 Å². The smallest absolute Gasteiger partial charge is 0.237 e. The van der Waals surface area contributed by atoms with E-state index in [1.54, 1.807) is 0 Å². The maximum absolute atomic E-state index is 12.6. The van der Waals surface area contributed by atoms with E-state index in [4.69, 9.17) is 10.6 Å². The molecule has 0 bridgehead atoms. The van der Waals surface area contributed by atoms with Crippen LogP contribution in [0.3, 0.4) is 0 Å². The largest absolute Gasteiger partial charge is 0.486 e. The number of anilines is 1. The molecule has 170 valence electrons. The van der Waals surface area contributed by atoms with Gasteiger partial charge in [-0.05, 0) is 55.5 Å². The fourth-order valence-electron chi connectivity index (χ4n) is 3.08.